The van der Waals surface area contributed by atoms with Crippen LogP contribution >= 0.6 is 0 Å². The highest BCUT2D eigenvalue weighted by Crippen LogP contribution is 2.35. The lowest BCUT2D eigenvalue weighted by atomic mass is 10.1. The number of carbonyl (C=O) groups is 1. The second-order valence-corrected chi connectivity index (χ2v) is 5.53. The average Bonchev–Trinajstić information content (AvgIpc) is 2.99. The second kappa shape index (κ2) is 7.40. The highest BCUT2D eigenvalue weighted by Gasteiger charge is 2.21. The Hall–Kier alpha value is -3.13. The molecule has 136 valence electrons. The third-order valence-electron chi connectivity index (χ3n) is 3.96. The minimum absolute atomic E-state index is 0.0730. The number of nitrogen functional groups attached to an aromatic ring is 1. The molecule has 26 heavy (non-hydrogen) atoms. The fourth-order valence-corrected chi connectivity index (χ4v) is 2.73. The van der Waals surface area contributed by atoms with Gasteiger partial charge in [0.05, 0.1) is 19.3 Å². The molecule has 0 radical (unpaired) electrons. The number of benzene rings is 1. The molecule has 7 nitrogen and oxygen atoms in total. The first-order chi connectivity index (χ1) is 12.6. The number of methoxy groups -OCH3 is 2. The largest absolute Gasteiger partial charge is 0.496 e. The summed E-state index contributed by atoms with van der Waals surface area (Å²) in [4.78, 5) is 16.7. The van der Waals surface area contributed by atoms with Crippen LogP contribution in [0.3, 0.4) is 0 Å². The molecule has 0 aliphatic rings. The van der Waals surface area contributed by atoms with Crippen LogP contribution in [0, 0.1) is 5.82 Å². The lowest BCUT2D eigenvalue weighted by molar-refractivity contribution is 0.0933. The minimum atomic E-state index is -0.454. The van der Waals surface area contributed by atoms with E-state index in [1.165, 1.54) is 13.2 Å². The molecule has 8 heteroatoms. The average molecular weight is 358 g/mol. The van der Waals surface area contributed by atoms with E-state index in [0.717, 1.165) is 0 Å². The Balaban J connectivity index is 2.13. The Kier molecular flexibility index (Phi) is 5.04. The molecule has 0 bridgehead atoms. The third-order valence-corrected chi connectivity index (χ3v) is 3.96. The number of nitrogens with two attached hydrogens (primary N) is 1. The SMILES string of the molecule is COCCNC(=O)c1nc2c(-c3c(F)cccc3OC)cccn2c1N. The molecule has 2 aromatic heterocycles. The third kappa shape index (κ3) is 3.06. The maximum atomic E-state index is 14.5. The van der Waals surface area contributed by atoms with Crippen molar-refractivity contribution in [1.82, 2.24) is 14.7 Å². The van der Waals surface area contributed by atoms with Crippen molar-refractivity contribution >= 4 is 17.4 Å². The van der Waals surface area contributed by atoms with Crippen LogP contribution < -0.4 is 15.8 Å². The van der Waals surface area contributed by atoms with Crippen LogP contribution in [0.4, 0.5) is 10.2 Å². The summed E-state index contributed by atoms with van der Waals surface area (Å²) in [5, 5.41) is 2.68. The van der Waals surface area contributed by atoms with E-state index in [1.54, 1.807) is 42.0 Å². The number of carbonyl (C=O) groups excluding carboxylic acids is 1. The van der Waals surface area contributed by atoms with Gasteiger partial charge in [-0.1, -0.05) is 6.07 Å². The number of rotatable bonds is 6. The van der Waals surface area contributed by atoms with E-state index in [-0.39, 0.29) is 17.1 Å². The summed E-state index contributed by atoms with van der Waals surface area (Å²) in [6.45, 7) is 0.702. The van der Waals surface area contributed by atoms with E-state index in [4.69, 9.17) is 15.2 Å². The number of imidazole rings is 1. The van der Waals surface area contributed by atoms with E-state index < -0.39 is 11.7 Å². The number of nitrogens with one attached hydrogen (secondary N) is 1. The summed E-state index contributed by atoms with van der Waals surface area (Å²) in [5.41, 5.74) is 7.26. The summed E-state index contributed by atoms with van der Waals surface area (Å²) in [7, 11) is 3.01. The van der Waals surface area contributed by atoms with Gasteiger partial charge in [0.1, 0.15) is 23.0 Å². The van der Waals surface area contributed by atoms with Gasteiger partial charge in [-0.3, -0.25) is 9.20 Å². The van der Waals surface area contributed by atoms with Gasteiger partial charge in [0.15, 0.2) is 5.69 Å². The smallest absolute Gasteiger partial charge is 0.273 e. The molecule has 0 fully saturated rings. The molecular formula is C18H19FN4O3. The van der Waals surface area contributed by atoms with Crippen LogP contribution in [-0.2, 0) is 4.74 Å². The van der Waals surface area contributed by atoms with Crippen molar-refractivity contribution in [1.29, 1.82) is 0 Å². The van der Waals surface area contributed by atoms with Crippen LogP contribution in [-0.4, -0.2) is 42.7 Å². The zero-order valence-electron chi connectivity index (χ0n) is 14.5. The predicted molar refractivity (Wildman–Crippen MR) is 95.8 cm³/mol. The van der Waals surface area contributed by atoms with Gasteiger partial charge in [0.25, 0.3) is 5.91 Å². The molecule has 1 aromatic carbocycles. The zero-order valence-corrected chi connectivity index (χ0v) is 14.5. The Morgan fingerprint density at radius 2 is 2.12 bits per heavy atom. The fourth-order valence-electron chi connectivity index (χ4n) is 2.73. The minimum Gasteiger partial charge on any atom is -0.496 e. The molecule has 3 aromatic rings. The summed E-state index contributed by atoms with van der Waals surface area (Å²) in [6, 6.07) is 7.97. The predicted octanol–water partition coefficient (Wildman–Crippen LogP) is 2.11. The molecule has 0 saturated heterocycles. The van der Waals surface area contributed by atoms with Gasteiger partial charge in [-0.15, -0.1) is 0 Å². The number of fused-ring (bicyclic) bond motifs is 1. The summed E-state index contributed by atoms with van der Waals surface area (Å²) >= 11 is 0. The van der Waals surface area contributed by atoms with Gasteiger partial charge in [-0.05, 0) is 24.3 Å². The highest BCUT2D eigenvalue weighted by molar-refractivity contribution is 5.99. The van der Waals surface area contributed by atoms with Crippen molar-refractivity contribution in [2.24, 2.45) is 0 Å². The van der Waals surface area contributed by atoms with Crippen molar-refractivity contribution in [2.45, 2.75) is 0 Å². The molecule has 3 N–H and O–H groups in total. The maximum Gasteiger partial charge on any atom is 0.273 e. The van der Waals surface area contributed by atoms with Crippen molar-refractivity contribution in [3.05, 3.63) is 48.0 Å². The lowest BCUT2D eigenvalue weighted by Gasteiger charge is -2.10. The number of pyridine rings is 1. The fraction of sp³-hybridized carbons (Fsp3) is 0.222. The number of amides is 1. The number of nitrogens with zero attached hydrogens (tertiary/aromatic N) is 2. The van der Waals surface area contributed by atoms with E-state index in [9.17, 15) is 9.18 Å². The topological polar surface area (TPSA) is 90.9 Å². The van der Waals surface area contributed by atoms with Crippen molar-refractivity contribution < 1.29 is 18.7 Å². The first kappa shape index (κ1) is 17.7. The lowest BCUT2D eigenvalue weighted by Crippen LogP contribution is -2.27. The van der Waals surface area contributed by atoms with Crippen LogP contribution in [0.5, 0.6) is 5.75 Å². The number of aromatic nitrogens is 2. The first-order valence-electron chi connectivity index (χ1n) is 7.95. The number of hydrogen-bond acceptors (Lipinski definition) is 5. The zero-order chi connectivity index (χ0) is 18.7. The molecular weight excluding hydrogens is 339 g/mol. The van der Waals surface area contributed by atoms with E-state index in [2.05, 4.69) is 10.3 Å². The van der Waals surface area contributed by atoms with Gasteiger partial charge < -0.3 is 20.5 Å². The van der Waals surface area contributed by atoms with Crippen LogP contribution in [0.1, 0.15) is 10.5 Å². The summed E-state index contributed by atoms with van der Waals surface area (Å²) in [5.74, 6) is -0.336. The molecule has 0 spiro atoms. The van der Waals surface area contributed by atoms with Crippen molar-refractivity contribution in [3.63, 3.8) is 0 Å². The Bertz CT molecular complexity index is 955. The van der Waals surface area contributed by atoms with Crippen LogP contribution in [0.25, 0.3) is 16.8 Å². The molecule has 0 aliphatic heterocycles. The molecule has 0 unspecified atom stereocenters. The van der Waals surface area contributed by atoms with Crippen molar-refractivity contribution in [2.75, 3.05) is 33.1 Å². The molecule has 1 amide bonds. The quantitative estimate of drug-likeness (QED) is 0.659. The summed E-state index contributed by atoms with van der Waals surface area (Å²) < 4.78 is 26.2. The standard InChI is InChI=1S/C18H19FN4O3/c1-25-10-8-21-18(24)15-16(20)23-9-4-5-11(17(23)22-15)14-12(19)6-3-7-13(14)26-2/h3-7,9H,8,10,20H2,1-2H3,(H,21,24). The Morgan fingerprint density at radius 1 is 1.31 bits per heavy atom. The van der Waals surface area contributed by atoms with Gasteiger partial charge >= 0.3 is 0 Å². The Labute approximate surface area is 149 Å². The molecule has 0 atom stereocenters. The van der Waals surface area contributed by atoms with Gasteiger partial charge in [-0.25, -0.2) is 9.37 Å². The normalized spacial score (nSPS) is 10.9. The van der Waals surface area contributed by atoms with Crippen LogP contribution in [0.15, 0.2) is 36.5 Å². The molecule has 3 rings (SSSR count). The first-order valence-corrected chi connectivity index (χ1v) is 7.95. The number of anilines is 1. The molecule has 0 aliphatic carbocycles. The van der Waals surface area contributed by atoms with E-state index >= 15 is 0 Å². The second-order valence-electron chi connectivity index (χ2n) is 5.53. The molecule has 2 heterocycles. The Morgan fingerprint density at radius 3 is 2.85 bits per heavy atom. The number of hydrogen-bond donors (Lipinski definition) is 2. The molecule has 0 saturated carbocycles. The van der Waals surface area contributed by atoms with E-state index in [1.807, 2.05) is 0 Å². The van der Waals surface area contributed by atoms with Gasteiger partial charge in [0.2, 0.25) is 0 Å². The van der Waals surface area contributed by atoms with Crippen molar-refractivity contribution in [3.8, 4) is 16.9 Å². The van der Waals surface area contributed by atoms with Crippen LogP contribution in [0.2, 0.25) is 0 Å². The number of ether oxygens (including phenoxy) is 2. The van der Waals surface area contributed by atoms with E-state index in [0.29, 0.717) is 30.1 Å². The van der Waals surface area contributed by atoms with Gasteiger partial charge in [-0.2, -0.15) is 0 Å². The summed E-state index contributed by atoms with van der Waals surface area (Å²) in [6.07, 6.45) is 1.67. The monoisotopic (exact) mass is 358 g/mol. The van der Waals surface area contributed by atoms with Gasteiger partial charge in [0, 0.05) is 25.4 Å². The highest BCUT2D eigenvalue weighted by atomic mass is 19.1. The maximum absolute atomic E-state index is 14.5. The number of halogens is 1.